The third-order valence-electron chi connectivity index (χ3n) is 2.13. The van der Waals surface area contributed by atoms with Gasteiger partial charge < -0.3 is 10.5 Å². The van der Waals surface area contributed by atoms with E-state index in [4.69, 9.17) is 22.1 Å². The zero-order chi connectivity index (χ0) is 12.3. The van der Waals surface area contributed by atoms with E-state index >= 15 is 0 Å². The van der Waals surface area contributed by atoms with Crippen molar-refractivity contribution >= 4 is 33.3 Å². The monoisotopic (exact) mass is 312 g/mol. The number of anilines is 1. The molecule has 0 unspecified atom stereocenters. The van der Waals surface area contributed by atoms with E-state index in [1.807, 2.05) is 18.2 Å². The second-order valence-corrected chi connectivity index (χ2v) is 4.78. The maximum Gasteiger partial charge on any atom is 0.139 e. The summed E-state index contributed by atoms with van der Waals surface area (Å²) in [5.74, 6) is 1.11. The highest BCUT2D eigenvalue weighted by Gasteiger charge is 2.03. The number of rotatable bonds is 3. The van der Waals surface area contributed by atoms with Crippen LogP contribution in [0.1, 0.15) is 5.56 Å². The second kappa shape index (κ2) is 5.38. The molecule has 0 fully saturated rings. The molecular weight excluding hydrogens is 304 g/mol. The molecule has 0 saturated heterocycles. The van der Waals surface area contributed by atoms with Crippen molar-refractivity contribution in [3.05, 3.63) is 51.6 Å². The first-order chi connectivity index (χ1) is 8.15. The van der Waals surface area contributed by atoms with E-state index in [1.165, 1.54) is 0 Å². The molecule has 1 heterocycles. The topological polar surface area (TPSA) is 48.1 Å². The number of ether oxygens (including phenoxy) is 1. The molecule has 1 aromatic heterocycles. The lowest BCUT2D eigenvalue weighted by Gasteiger charge is -2.08. The maximum atomic E-state index is 6.01. The smallest absolute Gasteiger partial charge is 0.139 e. The van der Waals surface area contributed by atoms with Crippen LogP contribution in [-0.4, -0.2) is 4.98 Å². The zero-order valence-corrected chi connectivity index (χ0v) is 11.2. The highest BCUT2D eigenvalue weighted by Crippen LogP contribution is 2.28. The van der Waals surface area contributed by atoms with Crippen molar-refractivity contribution in [1.82, 2.24) is 4.98 Å². The first-order valence-corrected chi connectivity index (χ1v) is 6.10. The molecule has 2 N–H and O–H groups in total. The van der Waals surface area contributed by atoms with Gasteiger partial charge in [-0.1, -0.05) is 27.5 Å². The molecule has 0 aliphatic rings. The average Bonchev–Trinajstić information content (AvgIpc) is 2.30. The Morgan fingerprint density at radius 3 is 2.88 bits per heavy atom. The van der Waals surface area contributed by atoms with Crippen LogP contribution in [-0.2, 0) is 6.61 Å². The molecule has 1 aromatic carbocycles. The molecule has 0 saturated carbocycles. The van der Waals surface area contributed by atoms with Crippen LogP contribution in [0.4, 0.5) is 5.82 Å². The minimum atomic E-state index is 0.406. The van der Waals surface area contributed by atoms with E-state index in [0.717, 1.165) is 10.0 Å². The van der Waals surface area contributed by atoms with Crippen LogP contribution in [0.3, 0.4) is 0 Å². The maximum absolute atomic E-state index is 6.01. The number of aromatic nitrogens is 1. The standard InChI is InChI=1S/C12H10BrClN2O/c13-9-1-2-10(14)11(6-9)17-7-8-3-4-16-12(15)5-8/h1-6H,7H2,(H2,15,16). The largest absolute Gasteiger partial charge is 0.487 e. The molecule has 2 rings (SSSR count). The summed E-state index contributed by atoms with van der Waals surface area (Å²) >= 11 is 9.38. The summed E-state index contributed by atoms with van der Waals surface area (Å²) in [7, 11) is 0. The molecule has 2 aromatic rings. The van der Waals surface area contributed by atoms with Crippen molar-refractivity contribution in [2.24, 2.45) is 0 Å². The third-order valence-corrected chi connectivity index (χ3v) is 2.94. The van der Waals surface area contributed by atoms with E-state index in [2.05, 4.69) is 20.9 Å². The summed E-state index contributed by atoms with van der Waals surface area (Å²) in [5, 5.41) is 0.579. The van der Waals surface area contributed by atoms with Gasteiger partial charge in [-0.25, -0.2) is 4.98 Å². The van der Waals surface area contributed by atoms with Crippen LogP contribution in [0.15, 0.2) is 41.0 Å². The van der Waals surface area contributed by atoms with Crippen LogP contribution in [0, 0.1) is 0 Å². The Balaban J connectivity index is 2.09. The number of halogens is 2. The summed E-state index contributed by atoms with van der Waals surface area (Å²) in [5.41, 5.74) is 6.53. The van der Waals surface area contributed by atoms with Gasteiger partial charge in [0.25, 0.3) is 0 Å². The molecule has 0 aliphatic heterocycles. The predicted octanol–water partition coefficient (Wildman–Crippen LogP) is 3.66. The van der Waals surface area contributed by atoms with Gasteiger partial charge in [0.1, 0.15) is 18.2 Å². The minimum absolute atomic E-state index is 0.406. The van der Waals surface area contributed by atoms with Crippen molar-refractivity contribution in [1.29, 1.82) is 0 Å². The molecule has 0 bridgehead atoms. The molecule has 0 spiro atoms. The van der Waals surface area contributed by atoms with Crippen molar-refractivity contribution in [3.63, 3.8) is 0 Å². The normalized spacial score (nSPS) is 10.2. The van der Waals surface area contributed by atoms with Crippen molar-refractivity contribution in [2.45, 2.75) is 6.61 Å². The van der Waals surface area contributed by atoms with Gasteiger partial charge in [0.15, 0.2) is 0 Å². The van der Waals surface area contributed by atoms with Gasteiger partial charge >= 0.3 is 0 Å². The molecule has 0 amide bonds. The number of nitrogen functional groups attached to an aromatic ring is 1. The second-order valence-electron chi connectivity index (χ2n) is 3.45. The molecule has 5 heteroatoms. The summed E-state index contributed by atoms with van der Waals surface area (Å²) in [6.45, 7) is 0.406. The Morgan fingerprint density at radius 2 is 2.12 bits per heavy atom. The number of hydrogen-bond donors (Lipinski definition) is 1. The lowest BCUT2D eigenvalue weighted by atomic mass is 10.3. The molecule has 0 aliphatic carbocycles. The zero-order valence-electron chi connectivity index (χ0n) is 8.86. The lowest BCUT2D eigenvalue weighted by molar-refractivity contribution is 0.306. The first-order valence-electron chi connectivity index (χ1n) is 4.93. The summed E-state index contributed by atoms with van der Waals surface area (Å²) in [4.78, 5) is 3.92. The average molecular weight is 314 g/mol. The number of hydrogen-bond acceptors (Lipinski definition) is 3. The van der Waals surface area contributed by atoms with Gasteiger partial charge in [0.05, 0.1) is 5.02 Å². The van der Waals surface area contributed by atoms with E-state index in [9.17, 15) is 0 Å². The lowest BCUT2D eigenvalue weighted by Crippen LogP contribution is -1.98. The fourth-order valence-corrected chi connectivity index (χ4v) is 1.85. The highest BCUT2D eigenvalue weighted by atomic mass is 79.9. The third kappa shape index (κ3) is 3.35. The van der Waals surface area contributed by atoms with E-state index in [0.29, 0.717) is 23.2 Å². The fourth-order valence-electron chi connectivity index (χ4n) is 1.33. The minimum Gasteiger partial charge on any atom is -0.487 e. The van der Waals surface area contributed by atoms with Crippen LogP contribution >= 0.6 is 27.5 Å². The number of nitrogens with two attached hydrogens (primary N) is 1. The van der Waals surface area contributed by atoms with Crippen LogP contribution in [0.5, 0.6) is 5.75 Å². The van der Waals surface area contributed by atoms with Gasteiger partial charge in [-0.15, -0.1) is 0 Å². The summed E-state index contributed by atoms with van der Waals surface area (Å²) < 4.78 is 6.54. The van der Waals surface area contributed by atoms with Gasteiger partial charge in [0, 0.05) is 10.7 Å². The number of benzene rings is 1. The molecule has 88 valence electrons. The van der Waals surface area contributed by atoms with Crippen LogP contribution < -0.4 is 10.5 Å². The quantitative estimate of drug-likeness (QED) is 0.940. The van der Waals surface area contributed by atoms with Crippen LogP contribution in [0.25, 0.3) is 0 Å². The Labute approximate surface area is 113 Å². The Kier molecular flexibility index (Phi) is 3.86. The van der Waals surface area contributed by atoms with E-state index in [-0.39, 0.29) is 0 Å². The van der Waals surface area contributed by atoms with Crippen molar-refractivity contribution in [3.8, 4) is 5.75 Å². The molecule has 3 nitrogen and oxygen atoms in total. The van der Waals surface area contributed by atoms with Gasteiger partial charge in [-0.05, 0) is 35.9 Å². The van der Waals surface area contributed by atoms with Crippen molar-refractivity contribution < 1.29 is 4.74 Å². The van der Waals surface area contributed by atoms with E-state index in [1.54, 1.807) is 18.3 Å². The predicted molar refractivity (Wildman–Crippen MR) is 72.1 cm³/mol. The van der Waals surface area contributed by atoms with Gasteiger partial charge in [-0.2, -0.15) is 0 Å². The Hall–Kier alpha value is -1.26. The Bertz CT molecular complexity index is 534. The molecule has 0 radical (unpaired) electrons. The molecule has 17 heavy (non-hydrogen) atoms. The number of pyridine rings is 1. The molecule has 0 atom stereocenters. The van der Waals surface area contributed by atoms with Crippen LogP contribution in [0.2, 0.25) is 5.02 Å². The number of nitrogens with zero attached hydrogens (tertiary/aromatic N) is 1. The fraction of sp³-hybridized carbons (Fsp3) is 0.0833. The summed E-state index contributed by atoms with van der Waals surface area (Å²) in [6, 6.07) is 9.09. The molecular formula is C12H10BrClN2O. The van der Waals surface area contributed by atoms with Gasteiger partial charge in [0.2, 0.25) is 0 Å². The Morgan fingerprint density at radius 1 is 1.29 bits per heavy atom. The highest BCUT2D eigenvalue weighted by molar-refractivity contribution is 9.10. The SMILES string of the molecule is Nc1cc(COc2cc(Br)ccc2Cl)ccn1. The van der Waals surface area contributed by atoms with E-state index < -0.39 is 0 Å². The van der Waals surface area contributed by atoms with Gasteiger partial charge in [-0.3, -0.25) is 0 Å². The summed E-state index contributed by atoms with van der Waals surface area (Å²) in [6.07, 6.45) is 1.65. The van der Waals surface area contributed by atoms with Crippen molar-refractivity contribution in [2.75, 3.05) is 5.73 Å². The first kappa shape index (κ1) is 12.2.